The SMILES string of the molecule is C=C/C=C\C=C(/C)[C@H]1NC(=NCc2ccccc2Cl)NC1c1ccccc1. The molecule has 3 rings (SSSR count). The average molecular weight is 378 g/mol. The monoisotopic (exact) mass is 377 g/mol. The summed E-state index contributed by atoms with van der Waals surface area (Å²) < 4.78 is 0. The Labute approximate surface area is 166 Å². The Bertz CT molecular complexity index is 868. The van der Waals surface area contributed by atoms with Gasteiger partial charge in [-0.25, -0.2) is 4.99 Å². The van der Waals surface area contributed by atoms with Crippen LogP contribution in [0.15, 0.2) is 96.0 Å². The van der Waals surface area contributed by atoms with Crippen LogP contribution in [0.5, 0.6) is 0 Å². The van der Waals surface area contributed by atoms with Crippen molar-refractivity contribution in [2.24, 2.45) is 4.99 Å². The number of nitrogens with zero attached hydrogens (tertiary/aromatic N) is 1. The van der Waals surface area contributed by atoms with E-state index in [1.165, 1.54) is 11.1 Å². The topological polar surface area (TPSA) is 36.4 Å². The molecular formula is C23H24ClN3. The number of rotatable bonds is 6. The van der Waals surface area contributed by atoms with Gasteiger partial charge in [0.25, 0.3) is 0 Å². The van der Waals surface area contributed by atoms with Crippen molar-refractivity contribution in [3.05, 3.63) is 107 Å². The molecule has 2 aromatic rings. The lowest BCUT2D eigenvalue weighted by Gasteiger charge is -2.19. The third kappa shape index (κ3) is 4.89. The van der Waals surface area contributed by atoms with Gasteiger partial charge in [-0.05, 0) is 29.7 Å². The predicted octanol–water partition coefficient (Wildman–Crippen LogP) is 5.19. The lowest BCUT2D eigenvalue weighted by molar-refractivity contribution is 0.589. The minimum Gasteiger partial charge on any atom is -0.347 e. The van der Waals surface area contributed by atoms with Gasteiger partial charge in [-0.15, -0.1) is 0 Å². The van der Waals surface area contributed by atoms with E-state index in [-0.39, 0.29) is 12.1 Å². The highest BCUT2D eigenvalue weighted by Gasteiger charge is 2.32. The fourth-order valence-electron chi connectivity index (χ4n) is 3.09. The second kappa shape index (κ2) is 9.24. The van der Waals surface area contributed by atoms with Gasteiger partial charge in [-0.3, -0.25) is 0 Å². The van der Waals surface area contributed by atoms with Crippen molar-refractivity contribution in [2.45, 2.75) is 25.6 Å². The van der Waals surface area contributed by atoms with Gasteiger partial charge in [-0.1, -0.05) is 91.0 Å². The molecule has 2 N–H and O–H groups in total. The Kier molecular flexibility index (Phi) is 6.50. The number of benzene rings is 2. The molecule has 0 amide bonds. The summed E-state index contributed by atoms with van der Waals surface area (Å²) in [6.07, 6.45) is 7.81. The zero-order chi connectivity index (χ0) is 19.1. The zero-order valence-corrected chi connectivity index (χ0v) is 16.2. The lowest BCUT2D eigenvalue weighted by atomic mass is 9.95. The van der Waals surface area contributed by atoms with Gasteiger partial charge < -0.3 is 10.6 Å². The van der Waals surface area contributed by atoms with Crippen LogP contribution in [-0.2, 0) is 6.54 Å². The summed E-state index contributed by atoms with van der Waals surface area (Å²) in [5.74, 6) is 0.786. The Hall–Kier alpha value is -2.78. The third-order valence-corrected chi connectivity index (χ3v) is 4.91. The minimum absolute atomic E-state index is 0.115. The molecule has 1 heterocycles. The maximum Gasteiger partial charge on any atom is 0.192 e. The number of aliphatic imine (C=N–C) groups is 1. The van der Waals surface area contributed by atoms with E-state index < -0.39 is 0 Å². The van der Waals surface area contributed by atoms with Gasteiger partial charge in [-0.2, -0.15) is 0 Å². The molecule has 2 atom stereocenters. The maximum atomic E-state index is 6.25. The summed E-state index contributed by atoms with van der Waals surface area (Å²) in [6, 6.07) is 18.4. The first-order chi connectivity index (χ1) is 13.2. The number of allylic oxidation sites excluding steroid dienone is 4. The first kappa shape index (κ1) is 19.0. The van der Waals surface area contributed by atoms with E-state index >= 15 is 0 Å². The standard InChI is InChI=1S/C23H24ClN3/c1-3-4-6-11-17(2)21-22(18-12-7-5-8-13-18)27-23(26-21)25-16-19-14-9-10-15-20(19)24/h3-15,21-22H,1,16H2,2H3,(H2,25,26,27)/b6-4-,17-11+/t21-,22?/m1/s1. The van der Waals surface area contributed by atoms with Crippen LogP contribution in [0.2, 0.25) is 5.02 Å². The van der Waals surface area contributed by atoms with Crippen molar-refractivity contribution < 1.29 is 0 Å². The molecule has 0 aliphatic carbocycles. The molecule has 1 unspecified atom stereocenters. The molecule has 27 heavy (non-hydrogen) atoms. The van der Waals surface area contributed by atoms with Crippen LogP contribution in [0, 0.1) is 0 Å². The molecule has 0 radical (unpaired) electrons. The van der Waals surface area contributed by atoms with E-state index in [4.69, 9.17) is 16.6 Å². The minimum atomic E-state index is 0.115. The molecule has 1 aliphatic rings. The summed E-state index contributed by atoms with van der Waals surface area (Å²) in [5.41, 5.74) is 3.45. The van der Waals surface area contributed by atoms with Crippen LogP contribution in [0.4, 0.5) is 0 Å². The second-order valence-corrected chi connectivity index (χ2v) is 6.85. The first-order valence-corrected chi connectivity index (χ1v) is 9.38. The summed E-state index contributed by atoms with van der Waals surface area (Å²) in [5, 5.41) is 7.79. The Morgan fingerprint density at radius 3 is 2.56 bits per heavy atom. The van der Waals surface area contributed by atoms with Crippen molar-refractivity contribution >= 4 is 17.6 Å². The smallest absolute Gasteiger partial charge is 0.192 e. The normalized spacial score (nSPS) is 21.3. The summed E-state index contributed by atoms with van der Waals surface area (Å²) in [7, 11) is 0. The molecule has 0 spiro atoms. The molecule has 4 heteroatoms. The number of guanidine groups is 1. The van der Waals surface area contributed by atoms with Gasteiger partial charge in [0.05, 0.1) is 18.6 Å². The van der Waals surface area contributed by atoms with E-state index in [1.54, 1.807) is 6.08 Å². The van der Waals surface area contributed by atoms with Crippen LogP contribution >= 0.6 is 11.6 Å². The predicted molar refractivity (Wildman–Crippen MR) is 115 cm³/mol. The second-order valence-electron chi connectivity index (χ2n) is 6.44. The van der Waals surface area contributed by atoms with Gasteiger partial charge in [0, 0.05) is 5.02 Å². The van der Waals surface area contributed by atoms with Gasteiger partial charge in [0.2, 0.25) is 0 Å². The van der Waals surface area contributed by atoms with E-state index in [0.717, 1.165) is 16.5 Å². The van der Waals surface area contributed by atoms with E-state index in [1.807, 2.05) is 42.5 Å². The number of halogens is 1. The number of hydrogen-bond donors (Lipinski definition) is 2. The van der Waals surface area contributed by atoms with Crippen LogP contribution in [0.25, 0.3) is 0 Å². The fraction of sp³-hybridized carbons (Fsp3) is 0.174. The summed E-state index contributed by atoms with van der Waals surface area (Å²) in [6.45, 7) is 6.37. The molecule has 1 aliphatic heterocycles. The summed E-state index contributed by atoms with van der Waals surface area (Å²) in [4.78, 5) is 4.71. The van der Waals surface area contributed by atoms with Crippen molar-refractivity contribution in [3.8, 4) is 0 Å². The van der Waals surface area contributed by atoms with Crippen molar-refractivity contribution in [2.75, 3.05) is 0 Å². The Morgan fingerprint density at radius 2 is 1.81 bits per heavy atom. The van der Waals surface area contributed by atoms with Crippen LogP contribution in [0.1, 0.15) is 24.1 Å². The van der Waals surface area contributed by atoms with Crippen LogP contribution in [0.3, 0.4) is 0 Å². The van der Waals surface area contributed by atoms with Gasteiger partial charge in [0.1, 0.15) is 0 Å². The molecule has 0 bridgehead atoms. The van der Waals surface area contributed by atoms with E-state index in [9.17, 15) is 0 Å². The van der Waals surface area contributed by atoms with E-state index in [0.29, 0.717) is 6.54 Å². The van der Waals surface area contributed by atoms with Crippen molar-refractivity contribution in [1.82, 2.24) is 10.6 Å². The van der Waals surface area contributed by atoms with Gasteiger partial charge in [0.15, 0.2) is 5.96 Å². The highest BCUT2D eigenvalue weighted by Crippen LogP contribution is 2.26. The average Bonchev–Trinajstić information content (AvgIpc) is 3.13. The van der Waals surface area contributed by atoms with Crippen molar-refractivity contribution in [3.63, 3.8) is 0 Å². The first-order valence-electron chi connectivity index (χ1n) is 9.01. The molecule has 0 saturated carbocycles. The van der Waals surface area contributed by atoms with Crippen LogP contribution in [-0.4, -0.2) is 12.0 Å². The highest BCUT2D eigenvalue weighted by molar-refractivity contribution is 6.31. The van der Waals surface area contributed by atoms with Gasteiger partial charge >= 0.3 is 0 Å². The molecule has 3 nitrogen and oxygen atoms in total. The number of nitrogens with one attached hydrogen (secondary N) is 2. The molecule has 1 saturated heterocycles. The molecular weight excluding hydrogens is 354 g/mol. The lowest BCUT2D eigenvalue weighted by Crippen LogP contribution is -2.29. The molecule has 1 fully saturated rings. The zero-order valence-electron chi connectivity index (χ0n) is 15.4. The maximum absolute atomic E-state index is 6.25. The fourth-order valence-corrected chi connectivity index (χ4v) is 3.28. The largest absolute Gasteiger partial charge is 0.347 e. The third-order valence-electron chi connectivity index (χ3n) is 4.54. The van der Waals surface area contributed by atoms with E-state index in [2.05, 4.69) is 54.5 Å². The Morgan fingerprint density at radius 1 is 1.07 bits per heavy atom. The number of hydrogen-bond acceptors (Lipinski definition) is 1. The van der Waals surface area contributed by atoms with Crippen molar-refractivity contribution in [1.29, 1.82) is 0 Å². The molecule has 2 aromatic carbocycles. The highest BCUT2D eigenvalue weighted by atomic mass is 35.5. The van der Waals surface area contributed by atoms with Crippen LogP contribution < -0.4 is 10.6 Å². The summed E-state index contributed by atoms with van der Waals surface area (Å²) >= 11 is 6.25. The Balaban J connectivity index is 1.83. The molecule has 138 valence electrons. The molecule has 0 aromatic heterocycles. The quantitative estimate of drug-likeness (QED) is 0.680.